The predicted molar refractivity (Wildman–Crippen MR) is 274 cm³/mol. The van der Waals surface area contributed by atoms with Gasteiger partial charge in [0.15, 0.2) is 53.7 Å². The van der Waals surface area contributed by atoms with Crippen LogP contribution in [-0.4, -0.2) is 129 Å². The van der Waals surface area contributed by atoms with Gasteiger partial charge in [0, 0.05) is 41.5 Å². The van der Waals surface area contributed by atoms with Crippen molar-refractivity contribution in [1.82, 2.24) is 19.5 Å². The van der Waals surface area contributed by atoms with Gasteiger partial charge in [0.2, 0.25) is 6.29 Å². The average molecular weight is 1150 g/mol. The van der Waals surface area contributed by atoms with Crippen LogP contribution >= 0.6 is 14.5 Å². The van der Waals surface area contributed by atoms with Crippen LogP contribution in [0.3, 0.4) is 0 Å². The van der Waals surface area contributed by atoms with Crippen molar-refractivity contribution < 1.29 is 94.0 Å². The monoisotopic (exact) mass is 1150 g/mol. The van der Waals surface area contributed by atoms with Gasteiger partial charge in [0.05, 0.1) is 32.0 Å². The molecule has 3 aromatic carbocycles. The van der Waals surface area contributed by atoms with Crippen LogP contribution in [-0.2, 0) is 106 Å². The predicted octanol–water partition coefficient (Wildman–Crippen LogP) is 5.38. The number of rotatable bonds is 23. The topological polar surface area (TPSA) is 330 Å². The van der Waals surface area contributed by atoms with Gasteiger partial charge in [-0.3, -0.25) is 37.9 Å². The Labute approximate surface area is 456 Å². The third kappa shape index (κ3) is 14.8. The lowest BCUT2D eigenvalue weighted by Crippen LogP contribution is -2.62. The number of nitrogens with one attached hydrogen (secondary N) is 1. The van der Waals surface area contributed by atoms with Gasteiger partial charge in [-0.25, -0.2) is 23.8 Å². The lowest BCUT2D eigenvalue weighted by atomic mass is 9.77. The van der Waals surface area contributed by atoms with E-state index in [1.807, 2.05) is 97.1 Å². The number of nitriles is 1. The van der Waals surface area contributed by atoms with Crippen molar-refractivity contribution in [3.63, 3.8) is 0 Å². The molecule has 5 aromatic rings. The van der Waals surface area contributed by atoms with E-state index in [-0.39, 0.29) is 23.4 Å². The maximum absolute atomic E-state index is 14.2. The molecule has 29 heteroatoms. The Kier molecular flexibility index (Phi) is 19.8. The molecule has 420 valence electrons. The number of imidazole rings is 1. The van der Waals surface area contributed by atoms with Crippen molar-refractivity contribution in [2.75, 3.05) is 25.1 Å². The first-order valence-corrected chi connectivity index (χ1v) is 28.1. The summed E-state index contributed by atoms with van der Waals surface area (Å²) in [5.74, 6) is -5.27. The Bertz CT molecular complexity index is 3040. The van der Waals surface area contributed by atoms with E-state index in [0.717, 1.165) is 58.2 Å². The number of carbonyl (C=O) groups excluding carboxylic acids is 6. The minimum Gasteiger partial charge on any atom is -0.463 e. The number of esters is 6. The van der Waals surface area contributed by atoms with E-state index in [9.17, 15) is 43.5 Å². The number of anilines is 1. The Hall–Kier alpha value is -7.08. The van der Waals surface area contributed by atoms with E-state index >= 15 is 0 Å². The number of ether oxygens (including phenoxy) is 8. The van der Waals surface area contributed by atoms with Crippen LogP contribution in [0.1, 0.15) is 70.9 Å². The zero-order valence-electron chi connectivity index (χ0n) is 43.1. The van der Waals surface area contributed by atoms with Gasteiger partial charge in [-0.15, -0.1) is 0 Å². The fourth-order valence-corrected chi connectivity index (χ4v) is 12.7. The van der Waals surface area contributed by atoms with Crippen molar-refractivity contribution in [2.24, 2.45) is 0 Å². The summed E-state index contributed by atoms with van der Waals surface area (Å²) in [5.41, 5.74) is 1.88. The molecular formula is C50H54N6O20P2S. The van der Waals surface area contributed by atoms with Crippen molar-refractivity contribution >= 4 is 79.1 Å². The largest absolute Gasteiger partial charge is 0.481 e. The second kappa shape index (κ2) is 26.3. The quantitative estimate of drug-likeness (QED) is 0.0272. The molecular weight excluding hydrogens is 1100 g/mol. The molecule has 0 bridgehead atoms. The van der Waals surface area contributed by atoms with Crippen LogP contribution in [0, 0.1) is 11.3 Å². The smallest absolute Gasteiger partial charge is 0.463 e. The summed E-state index contributed by atoms with van der Waals surface area (Å²) >= 11 is 5.59. The fraction of sp³-hybridized carbons (Fsp3) is 0.400. The molecule has 2 aliphatic rings. The summed E-state index contributed by atoms with van der Waals surface area (Å²) in [6.45, 7) is -0.669. The van der Waals surface area contributed by atoms with Gasteiger partial charge >= 0.3 is 50.4 Å². The molecule has 26 nitrogen and oxygen atoms in total. The fourth-order valence-electron chi connectivity index (χ4n) is 8.81. The first-order chi connectivity index (χ1) is 37.6. The van der Waals surface area contributed by atoms with Crippen molar-refractivity contribution in [1.29, 1.82) is 5.26 Å². The standard InChI is InChI=1S/C50H54N6O20P2S/c1-29(57)65-25-38-41(68-30(2)58)43(70-32(4)60)45(72-34(6)62)49(74-38)75-77(63,64)76-78(79,66-24-16-23-51)67-26-39-42(69-31(3)59)44(71-33(5)61)48(73-39)56-28-54-40-46(52-27-53-47(40)56)55-50(35-17-10-7-11-18-35,36-19-12-8-13-20-36)37-21-14-9-15-22-37/h7-15,17-22,27-28,38-39,41-45,48-49H,16,24-26H2,1-6H3,(H,63,64)(H,52,53,55)/t38?,39-,41-,42?,43+,44+,45?,48-,49+,78?/m1/s1. The minimum absolute atomic E-state index is 0.153. The number of carbonyl (C=O) groups is 6. The summed E-state index contributed by atoms with van der Waals surface area (Å²) in [6, 6.07) is 30.9. The van der Waals surface area contributed by atoms with Gasteiger partial charge in [0.1, 0.15) is 30.7 Å². The van der Waals surface area contributed by atoms with E-state index in [2.05, 4.69) is 15.3 Å². The molecule has 0 radical (unpaired) electrons. The van der Waals surface area contributed by atoms with Crippen molar-refractivity contribution in [3.05, 3.63) is 120 Å². The van der Waals surface area contributed by atoms with E-state index in [4.69, 9.17) is 72.6 Å². The molecule has 5 unspecified atom stereocenters. The maximum Gasteiger partial charge on any atom is 0.481 e. The molecule has 2 saturated heterocycles. The van der Waals surface area contributed by atoms with Gasteiger partial charge < -0.3 is 57.2 Å². The molecule has 2 aromatic heterocycles. The summed E-state index contributed by atoms with van der Waals surface area (Å²) in [4.78, 5) is 99.9. The summed E-state index contributed by atoms with van der Waals surface area (Å²) in [6.07, 6.45) is -12.9. The van der Waals surface area contributed by atoms with Crippen LogP contribution in [0.2, 0.25) is 0 Å². The second-order valence-electron chi connectivity index (χ2n) is 17.4. The molecule has 0 aliphatic carbocycles. The highest BCUT2D eigenvalue weighted by Gasteiger charge is 2.56. The Morgan fingerprint density at radius 2 is 1.16 bits per heavy atom. The lowest BCUT2D eigenvalue weighted by Gasteiger charge is -2.44. The van der Waals surface area contributed by atoms with Crippen LogP contribution in [0.25, 0.3) is 11.2 Å². The zero-order chi connectivity index (χ0) is 57.1. The number of hydrogen-bond donors (Lipinski definition) is 2. The second-order valence-corrected chi connectivity index (χ2v) is 22.0. The summed E-state index contributed by atoms with van der Waals surface area (Å²) in [5, 5.41) is 13.1. The number of benzene rings is 3. The number of hydrogen-bond acceptors (Lipinski definition) is 25. The first-order valence-electron chi connectivity index (χ1n) is 24.0. The van der Waals surface area contributed by atoms with Crippen LogP contribution in [0.4, 0.5) is 5.82 Å². The van der Waals surface area contributed by atoms with Crippen molar-refractivity contribution in [2.45, 2.75) is 109 Å². The van der Waals surface area contributed by atoms with Gasteiger partial charge in [-0.1, -0.05) is 91.0 Å². The maximum atomic E-state index is 14.2. The molecule has 11 atom stereocenters. The lowest BCUT2D eigenvalue weighted by molar-refractivity contribution is -0.291. The molecule has 7 rings (SSSR count). The van der Waals surface area contributed by atoms with E-state index < -0.39 is 131 Å². The van der Waals surface area contributed by atoms with Gasteiger partial charge in [0.25, 0.3) is 0 Å². The Balaban J connectivity index is 1.21. The average Bonchev–Trinajstić information content (AvgIpc) is 4.11. The number of aromatic nitrogens is 4. The summed E-state index contributed by atoms with van der Waals surface area (Å²) < 4.78 is 82.8. The zero-order valence-corrected chi connectivity index (χ0v) is 45.7. The van der Waals surface area contributed by atoms with E-state index in [1.165, 1.54) is 17.2 Å². The molecule has 2 fully saturated rings. The van der Waals surface area contributed by atoms with Crippen LogP contribution in [0.15, 0.2) is 104 Å². The van der Waals surface area contributed by atoms with Gasteiger partial charge in [-0.2, -0.15) is 5.26 Å². The Morgan fingerprint density at radius 3 is 1.68 bits per heavy atom. The van der Waals surface area contributed by atoms with Crippen LogP contribution in [0.5, 0.6) is 0 Å². The van der Waals surface area contributed by atoms with Gasteiger partial charge in [-0.05, 0) is 28.5 Å². The van der Waals surface area contributed by atoms with Crippen molar-refractivity contribution in [3.8, 4) is 6.07 Å². The number of nitrogens with zero attached hydrogens (tertiary/aromatic N) is 5. The molecule has 0 spiro atoms. The highest BCUT2D eigenvalue weighted by molar-refractivity contribution is 8.08. The normalized spacial score (nSPS) is 23.4. The number of fused-ring (bicyclic) bond motifs is 1. The molecule has 0 saturated carbocycles. The summed E-state index contributed by atoms with van der Waals surface area (Å²) in [7, 11) is -5.76. The third-order valence-corrected chi connectivity index (χ3v) is 16.0. The number of phosphoric acid groups is 1. The Morgan fingerprint density at radius 1 is 0.671 bits per heavy atom. The van der Waals surface area contributed by atoms with E-state index in [0.29, 0.717) is 0 Å². The third-order valence-electron chi connectivity index (χ3n) is 11.7. The minimum atomic E-state index is -5.76. The molecule has 2 aliphatic heterocycles. The molecule has 4 heterocycles. The SMILES string of the molecule is CC(=O)OCC1O[C@@H](OP(=O)(O)OP(=S)(OCCC#N)OC[C@H]2O[C@@H](n3cnc4c(NC(c5ccccc5)(c5ccccc5)c5ccccc5)ncnc43)[C@@H](OC(C)=O)C2OC(C)=O)C(OC(C)=O)[C@@H](OC(C)=O)[C@@H]1OC(C)=O. The highest BCUT2D eigenvalue weighted by atomic mass is 32.5. The molecule has 0 amide bonds. The molecule has 79 heavy (non-hydrogen) atoms. The number of phosphoric ester groups is 1. The van der Waals surface area contributed by atoms with Crippen LogP contribution < -0.4 is 5.32 Å². The van der Waals surface area contributed by atoms with E-state index in [1.54, 1.807) is 0 Å². The first kappa shape index (κ1) is 59.6. The highest BCUT2D eigenvalue weighted by Crippen LogP contribution is 2.65. The molecule has 2 N–H and O–H groups in total.